The van der Waals surface area contributed by atoms with Gasteiger partial charge in [0.2, 0.25) is 5.91 Å². The summed E-state index contributed by atoms with van der Waals surface area (Å²) in [5, 5.41) is 5.75. The third-order valence-corrected chi connectivity index (χ3v) is 4.88. The normalized spacial score (nSPS) is 30.9. The fourth-order valence-electron chi connectivity index (χ4n) is 3.21. The summed E-state index contributed by atoms with van der Waals surface area (Å²) in [4.78, 5) is 12.1. The van der Waals surface area contributed by atoms with E-state index in [0.717, 1.165) is 25.7 Å². The number of carbonyl (C=O) groups is 1. The molecule has 0 aromatic rings. The van der Waals surface area contributed by atoms with Crippen LogP contribution in [0.15, 0.2) is 0 Å². The number of piperidine rings is 1. The predicted molar refractivity (Wildman–Crippen MR) is 74.7 cm³/mol. The van der Waals surface area contributed by atoms with Gasteiger partial charge in [0.05, 0.1) is 12.0 Å². The molecule has 122 valence electrons. The third-order valence-electron chi connectivity index (χ3n) is 4.88. The second-order valence-corrected chi connectivity index (χ2v) is 7.22. The molecule has 1 heterocycles. The molecule has 1 saturated heterocycles. The van der Waals surface area contributed by atoms with Gasteiger partial charge in [-0.15, -0.1) is 0 Å². The van der Waals surface area contributed by atoms with Crippen molar-refractivity contribution in [3.05, 3.63) is 0 Å². The number of alkyl halides is 3. The van der Waals surface area contributed by atoms with Gasteiger partial charge in [0, 0.05) is 12.6 Å². The van der Waals surface area contributed by atoms with Gasteiger partial charge in [0.15, 0.2) is 0 Å². The molecule has 6 heteroatoms. The molecule has 21 heavy (non-hydrogen) atoms. The fraction of sp³-hybridized carbons (Fsp3) is 0.933. The second kappa shape index (κ2) is 6.15. The van der Waals surface area contributed by atoms with Gasteiger partial charge in [0.25, 0.3) is 0 Å². The summed E-state index contributed by atoms with van der Waals surface area (Å²) >= 11 is 0. The number of amides is 1. The summed E-state index contributed by atoms with van der Waals surface area (Å²) in [6, 6.07) is -0.300. The van der Waals surface area contributed by atoms with Crippen LogP contribution in [-0.2, 0) is 4.79 Å². The molecule has 2 atom stereocenters. The smallest absolute Gasteiger partial charge is 0.352 e. The SMILES string of the molecule is CC1(C)CCC(NC(=O)C2CCC(C(F)(F)F)CN2)CC1. The summed E-state index contributed by atoms with van der Waals surface area (Å²) in [6.45, 7) is 4.30. The Kier molecular flexibility index (Phi) is 4.85. The molecule has 2 unspecified atom stereocenters. The first-order valence-electron chi connectivity index (χ1n) is 7.78. The molecule has 1 aliphatic carbocycles. The Morgan fingerprint density at radius 2 is 1.76 bits per heavy atom. The molecule has 0 bridgehead atoms. The minimum absolute atomic E-state index is 0.0340. The standard InChI is InChI=1S/C15H25F3N2O/c1-14(2)7-5-11(6-8-14)20-13(21)12-4-3-10(9-19-12)15(16,17)18/h10-12,19H,3-9H2,1-2H3,(H,20,21). The van der Waals surface area contributed by atoms with Crippen LogP contribution >= 0.6 is 0 Å². The van der Waals surface area contributed by atoms with E-state index in [1.807, 2.05) is 0 Å². The van der Waals surface area contributed by atoms with E-state index in [9.17, 15) is 18.0 Å². The highest BCUT2D eigenvalue weighted by atomic mass is 19.4. The summed E-state index contributed by atoms with van der Waals surface area (Å²) in [5.74, 6) is -1.46. The van der Waals surface area contributed by atoms with Crippen molar-refractivity contribution in [3.8, 4) is 0 Å². The molecule has 0 spiro atoms. The van der Waals surface area contributed by atoms with Crippen molar-refractivity contribution in [1.82, 2.24) is 10.6 Å². The van der Waals surface area contributed by atoms with E-state index >= 15 is 0 Å². The molecule has 3 nitrogen and oxygen atoms in total. The maximum Gasteiger partial charge on any atom is 0.393 e. The largest absolute Gasteiger partial charge is 0.393 e. The Balaban J connectivity index is 1.75. The Hall–Kier alpha value is -0.780. The average molecular weight is 306 g/mol. The molecule has 1 saturated carbocycles. The second-order valence-electron chi connectivity index (χ2n) is 7.22. The zero-order valence-corrected chi connectivity index (χ0v) is 12.7. The number of rotatable bonds is 2. The first-order chi connectivity index (χ1) is 9.67. The number of hydrogen-bond donors (Lipinski definition) is 2. The Bertz CT molecular complexity index is 364. The monoisotopic (exact) mass is 306 g/mol. The van der Waals surface area contributed by atoms with Crippen LogP contribution in [0.1, 0.15) is 52.4 Å². The highest BCUT2D eigenvalue weighted by Crippen LogP contribution is 2.35. The van der Waals surface area contributed by atoms with E-state index in [1.165, 1.54) is 0 Å². The molecule has 2 fully saturated rings. The van der Waals surface area contributed by atoms with Crippen molar-refractivity contribution >= 4 is 5.91 Å². The topological polar surface area (TPSA) is 41.1 Å². The van der Waals surface area contributed by atoms with Crippen LogP contribution in [-0.4, -0.2) is 30.7 Å². The lowest BCUT2D eigenvalue weighted by atomic mass is 9.75. The molecular weight excluding hydrogens is 281 g/mol. The minimum atomic E-state index is -4.16. The first-order valence-corrected chi connectivity index (χ1v) is 7.78. The number of hydrogen-bond acceptors (Lipinski definition) is 2. The highest BCUT2D eigenvalue weighted by Gasteiger charge is 2.42. The van der Waals surface area contributed by atoms with E-state index in [-0.39, 0.29) is 31.3 Å². The van der Waals surface area contributed by atoms with Crippen LogP contribution in [0.25, 0.3) is 0 Å². The van der Waals surface area contributed by atoms with Crippen LogP contribution in [0, 0.1) is 11.3 Å². The van der Waals surface area contributed by atoms with E-state index in [0.29, 0.717) is 5.41 Å². The van der Waals surface area contributed by atoms with Crippen LogP contribution in [0.5, 0.6) is 0 Å². The number of nitrogens with one attached hydrogen (secondary N) is 2. The van der Waals surface area contributed by atoms with E-state index in [2.05, 4.69) is 24.5 Å². The van der Waals surface area contributed by atoms with E-state index < -0.39 is 18.1 Å². The minimum Gasteiger partial charge on any atom is -0.352 e. The summed E-state index contributed by atoms with van der Waals surface area (Å²) in [7, 11) is 0. The fourth-order valence-corrected chi connectivity index (χ4v) is 3.21. The van der Waals surface area contributed by atoms with Gasteiger partial charge in [-0.25, -0.2) is 0 Å². The Morgan fingerprint density at radius 3 is 2.24 bits per heavy atom. The highest BCUT2D eigenvalue weighted by molar-refractivity contribution is 5.82. The van der Waals surface area contributed by atoms with Gasteiger partial charge in [-0.3, -0.25) is 4.79 Å². The van der Waals surface area contributed by atoms with Gasteiger partial charge in [-0.1, -0.05) is 13.8 Å². The Labute approximate surface area is 124 Å². The lowest BCUT2D eigenvalue weighted by Gasteiger charge is -2.36. The molecule has 0 aromatic heterocycles. The molecule has 0 aromatic carbocycles. The molecule has 2 N–H and O–H groups in total. The predicted octanol–water partition coefficient (Wildman–Crippen LogP) is 3.00. The number of carbonyl (C=O) groups excluding carboxylic acids is 1. The lowest BCUT2D eigenvalue weighted by molar-refractivity contribution is -0.180. The van der Waals surface area contributed by atoms with Crippen molar-refractivity contribution in [2.24, 2.45) is 11.3 Å². The molecule has 1 amide bonds. The van der Waals surface area contributed by atoms with Crippen LogP contribution in [0.3, 0.4) is 0 Å². The molecule has 1 aliphatic heterocycles. The van der Waals surface area contributed by atoms with Gasteiger partial charge in [-0.2, -0.15) is 13.2 Å². The summed E-state index contributed by atoms with van der Waals surface area (Å²) < 4.78 is 37.7. The van der Waals surface area contributed by atoms with Gasteiger partial charge in [-0.05, 0) is 43.9 Å². The molecule has 2 aliphatic rings. The van der Waals surface area contributed by atoms with Crippen LogP contribution in [0.4, 0.5) is 13.2 Å². The zero-order chi connectivity index (χ0) is 15.7. The zero-order valence-electron chi connectivity index (χ0n) is 12.7. The molecule has 2 rings (SSSR count). The van der Waals surface area contributed by atoms with E-state index in [4.69, 9.17) is 0 Å². The summed E-state index contributed by atoms with van der Waals surface area (Å²) in [5.41, 5.74) is 0.338. The van der Waals surface area contributed by atoms with Crippen molar-refractivity contribution < 1.29 is 18.0 Å². The van der Waals surface area contributed by atoms with Gasteiger partial charge < -0.3 is 10.6 Å². The van der Waals surface area contributed by atoms with E-state index in [1.54, 1.807) is 0 Å². The number of halogens is 3. The Morgan fingerprint density at radius 1 is 1.14 bits per heavy atom. The van der Waals surface area contributed by atoms with Crippen molar-refractivity contribution in [2.45, 2.75) is 70.6 Å². The molecule has 0 radical (unpaired) electrons. The third kappa shape index (κ3) is 4.59. The molecular formula is C15H25F3N2O. The quantitative estimate of drug-likeness (QED) is 0.823. The maximum absolute atomic E-state index is 12.6. The summed E-state index contributed by atoms with van der Waals surface area (Å²) in [6.07, 6.45) is 0.190. The first kappa shape index (κ1) is 16.6. The van der Waals surface area contributed by atoms with Crippen molar-refractivity contribution in [2.75, 3.05) is 6.54 Å². The van der Waals surface area contributed by atoms with Crippen LogP contribution < -0.4 is 10.6 Å². The van der Waals surface area contributed by atoms with Crippen molar-refractivity contribution in [3.63, 3.8) is 0 Å². The van der Waals surface area contributed by atoms with Crippen LogP contribution in [0.2, 0.25) is 0 Å². The van der Waals surface area contributed by atoms with Gasteiger partial charge >= 0.3 is 6.18 Å². The maximum atomic E-state index is 12.6. The average Bonchev–Trinajstić information content (AvgIpc) is 2.40. The van der Waals surface area contributed by atoms with Crippen molar-refractivity contribution in [1.29, 1.82) is 0 Å². The lowest BCUT2D eigenvalue weighted by Crippen LogP contribution is -2.53. The van der Waals surface area contributed by atoms with Gasteiger partial charge in [0.1, 0.15) is 0 Å².